The number of nitrogens with one attached hydrogen (secondary N) is 1. The lowest BCUT2D eigenvalue weighted by atomic mass is 9.90. The highest BCUT2D eigenvalue weighted by molar-refractivity contribution is 6.23. The van der Waals surface area contributed by atoms with Gasteiger partial charge in [-0.15, -0.1) is 0 Å². The summed E-state index contributed by atoms with van der Waals surface area (Å²) in [6.07, 6.45) is -0.385. The first-order valence-electron chi connectivity index (χ1n) is 18.0. The standard InChI is InChI=1S/C49H31N3O/c1-2-12-34-28-36(25-20-30(34)10-1)48-50-47(51-49(52-48)41-17-9-19-44-46(41)40-16-7-8-18-43(40)53-44)33-23-21-32(22-24-33)42-29-35-13-4-5-14-37(35)39-27-26-31-11-3-6-15-38(31)45(39)42/h1-29,49H,(H,50,51,52). The Kier molecular flexibility index (Phi) is 6.58. The van der Waals surface area contributed by atoms with E-state index in [1.165, 1.54) is 43.3 Å². The zero-order chi connectivity index (χ0) is 34.9. The first-order chi connectivity index (χ1) is 26.2. The Bertz CT molecular complexity index is 3150. The Morgan fingerprint density at radius 1 is 0.434 bits per heavy atom. The highest BCUT2D eigenvalue weighted by Crippen LogP contribution is 2.40. The third-order valence-electron chi connectivity index (χ3n) is 10.7. The minimum Gasteiger partial charge on any atom is -0.456 e. The van der Waals surface area contributed by atoms with Crippen LogP contribution in [0.3, 0.4) is 0 Å². The summed E-state index contributed by atoms with van der Waals surface area (Å²) in [7, 11) is 0. The molecule has 0 aliphatic carbocycles. The van der Waals surface area contributed by atoms with Crippen molar-refractivity contribution in [2.24, 2.45) is 9.98 Å². The molecule has 1 aromatic heterocycles. The smallest absolute Gasteiger partial charge is 0.159 e. The topological polar surface area (TPSA) is 49.9 Å². The molecule has 1 aliphatic rings. The molecular formula is C49H31N3O. The number of nitrogens with zero attached hydrogens (tertiary/aromatic N) is 2. The molecule has 0 saturated heterocycles. The van der Waals surface area contributed by atoms with Gasteiger partial charge in [-0.1, -0.05) is 152 Å². The van der Waals surface area contributed by atoms with Crippen LogP contribution in [0.15, 0.2) is 190 Å². The molecule has 0 spiro atoms. The molecule has 1 unspecified atom stereocenters. The maximum atomic E-state index is 6.29. The number of amidine groups is 2. The van der Waals surface area contributed by atoms with Crippen LogP contribution in [-0.4, -0.2) is 11.7 Å². The molecule has 1 aliphatic heterocycles. The van der Waals surface area contributed by atoms with Crippen molar-refractivity contribution >= 4 is 76.7 Å². The van der Waals surface area contributed by atoms with Gasteiger partial charge in [0.05, 0.1) is 0 Å². The second-order valence-corrected chi connectivity index (χ2v) is 13.8. The van der Waals surface area contributed by atoms with E-state index in [4.69, 9.17) is 14.4 Å². The van der Waals surface area contributed by atoms with Gasteiger partial charge in [-0.25, -0.2) is 9.98 Å². The van der Waals surface area contributed by atoms with Crippen molar-refractivity contribution in [2.75, 3.05) is 0 Å². The first kappa shape index (κ1) is 29.7. The normalized spacial score (nSPS) is 14.6. The molecule has 0 bridgehead atoms. The molecule has 4 heteroatoms. The summed E-state index contributed by atoms with van der Waals surface area (Å²) < 4.78 is 6.29. The predicted octanol–water partition coefficient (Wildman–Crippen LogP) is 12.4. The van der Waals surface area contributed by atoms with Crippen LogP contribution in [0.1, 0.15) is 22.9 Å². The monoisotopic (exact) mass is 677 g/mol. The van der Waals surface area contributed by atoms with E-state index in [2.05, 4.69) is 157 Å². The number of hydrogen-bond donors (Lipinski definition) is 1. The fourth-order valence-corrected chi connectivity index (χ4v) is 8.16. The molecule has 0 amide bonds. The van der Waals surface area contributed by atoms with Crippen LogP contribution in [0.25, 0.3) is 76.2 Å². The second kappa shape index (κ2) is 11.8. The third kappa shape index (κ3) is 4.84. The van der Waals surface area contributed by atoms with Gasteiger partial charge in [-0.3, -0.25) is 0 Å². The van der Waals surface area contributed by atoms with Gasteiger partial charge in [0.25, 0.3) is 0 Å². The molecule has 11 rings (SSSR count). The summed E-state index contributed by atoms with van der Waals surface area (Å²) in [4.78, 5) is 10.5. The average molecular weight is 678 g/mol. The van der Waals surface area contributed by atoms with E-state index < -0.39 is 0 Å². The van der Waals surface area contributed by atoms with Crippen molar-refractivity contribution < 1.29 is 4.42 Å². The zero-order valence-corrected chi connectivity index (χ0v) is 28.6. The van der Waals surface area contributed by atoms with Crippen molar-refractivity contribution in [1.29, 1.82) is 0 Å². The molecule has 0 saturated carbocycles. The lowest BCUT2D eigenvalue weighted by Crippen LogP contribution is -2.33. The molecular weight excluding hydrogens is 647 g/mol. The Balaban J connectivity index is 1.06. The fraction of sp³-hybridized carbons (Fsp3) is 0.0204. The summed E-state index contributed by atoms with van der Waals surface area (Å²) in [6.45, 7) is 0. The number of hydrogen-bond acceptors (Lipinski definition) is 4. The van der Waals surface area contributed by atoms with Crippen LogP contribution >= 0.6 is 0 Å². The van der Waals surface area contributed by atoms with Crippen molar-refractivity contribution in [3.63, 3.8) is 0 Å². The van der Waals surface area contributed by atoms with Crippen LogP contribution in [0, 0.1) is 0 Å². The molecule has 10 aromatic rings. The second-order valence-electron chi connectivity index (χ2n) is 13.8. The average Bonchev–Trinajstić information content (AvgIpc) is 3.62. The number of furan rings is 1. The maximum absolute atomic E-state index is 6.29. The predicted molar refractivity (Wildman–Crippen MR) is 221 cm³/mol. The zero-order valence-electron chi connectivity index (χ0n) is 28.6. The SMILES string of the molecule is c1ccc2cc(C3=NC(c4cccc5oc6ccccc6c45)NC(c4ccc(-c5cc6ccccc6c6ccc7ccccc7c56)cc4)=N3)ccc2c1. The molecule has 53 heavy (non-hydrogen) atoms. The van der Waals surface area contributed by atoms with Gasteiger partial charge in [0.1, 0.15) is 23.2 Å². The van der Waals surface area contributed by atoms with E-state index in [0.717, 1.165) is 55.4 Å². The molecule has 1 N–H and O–H groups in total. The number of fused-ring (bicyclic) bond motifs is 9. The third-order valence-corrected chi connectivity index (χ3v) is 10.7. The molecule has 4 nitrogen and oxygen atoms in total. The Labute approximate surface area is 305 Å². The number of aliphatic imine (C=N–C) groups is 2. The minimum absolute atomic E-state index is 0.385. The van der Waals surface area contributed by atoms with E-state index in [-0.39, 0.29) is 6.17 Å². The van der Waals surface area contributed by atoms with Crippen molar-refractivity contribution in [3.05, 3.63) is 193 Å². The van der Waals surface area contributed by atoms with E-state index in [9.17, 15) is 0 Å². The first-order valence-corrected chi connectivity index (χ1v) is 18.0. The quantitative estimate of drug-likeness (QED) is 0.189. The highest BCUT2D eigenvalue weighted by atomic mass is 16.3. The number of rotatable bonds is 4. The van der Waals surface area contributed by atoms with Gasteiger partial charge in [-0.2, -0.15) is 0 Å². The van der Waals surface area contributed by atoms with E-state index in [1.54, 1.807) is 0 Å². The summed E-state index contributed by atoms with van der Waals surface area (Å²) in [5, 5.41) is 15.7. The Morgan fingerprint density at radius 3 is 1.96 bits per heavy atom. The Morgan fingerprint density at radius 2 is 1.09 bits per heavy atom. The molecule has 2 heterocycles. The summed E-state index contributed by atoms with van der Waals surface area (Å²) >= 11 is 0. The highest BCUT2D eigenvalue weighted by Gasteiger charge is 2.25. The van der Waals surface area contributed by atoms with Crippen molar-refractivity contribution in [1.82, 2.24) is 5.32 Å². The van der Waals surface area contributed by atoms with Crippen LogP contribution in [0.4, 0.5) is 0 Å². The van der Waals surface area contributed by atoms with Crippen LogP contribution < -0.4 is 5.32 Å². The van der Waals surface area contributed by atoms with Gasteiger partial charge in [-0.05, 0) is 78.5 Å². The van der Waals surface area contributed by atoms with Gasteiger partial charge in [0, 0.05) is 27.5 Å². The summed E-state index contributed by atoms with van der Waals surface area (Å²) in [5.41, 5.74) is 7.10. The number of benzene rings is 9. The number of para-hydroxylation sites is 1. The maximum Gasteiger partial charge on any atom is 0.159 e. The lowest BCUT2D eigenvalue weighted by Gasteiger charge is -2.24. The molecule has 0 radical (unpaired) electrons. The van der Waals surface area contributed by atoms with E-state index in [1.807, 2.05) is 24.3 Å². The van der Waals surface area contributed by atoms with Crippen LogP contribution in [0.5, 0.6) is 0 Å². The van der Waals surface area contributed by atoms with Crippen LogP contribution in [-0.2, 0) is 0 Å². The van der Waals surface area contributed by atoms with Crippen molar-refractivity contribution in [3.8, 4) is 11.1 Å². The summed E-state index contributed by atoms with van der Waals surface area (Å²) in [5.74, 6) is 1.47. The molecule has 9 aromatic carbocycles. The van der Waals surface area contributed by atoms with E-state index in [0.29, 0.717) is 5.84 Å². The summed E-state index contributed by atoms with van der Waals surface area (Å²) in [6, 6.07) is 62.3. The van der Waals surface area contributed by atoms with Crippen molar-refractivity contribution in [2.45, 2.75) is 6.17 Å². The van der Waals surface area contributed by atoms with E-state index >= 15 is 0 Å². The fourth-order valence-electron chi connectivity index (χ4n) is 8.16. The van der Waals surface area contributed by atoms with Crippen LogP contribution in [0.2, 0.25) is 0 Å². The van der Waals surface area contributed by atoms with Gasteiger partial charge in [0.2, 0.25) is 0 Å². The largest absolute Gasteiger partial charge is 0.456 e. The molecule has 0 fully saturated rings. The van der Waals surface area contributed by atoms with Gasteiger partial charge < -0.3 is 9.73 Å². The minimum atomic E-state index is -0.385. The Hall–Kier alpha value is -7.04. The van der Waals surface area contributed by atoms with Gasteiger partial charge >= 0.3 is 0 Å². The molecule has 1 atom stereocenters. The molecule has 248 valence electrons. The van der Waals surface area contributed by atoms with Gasteiger partial charge in [0.15, 0.2) is 5.84 Å². The lowest BCUT2D eigenvalue weighted by molar-refractivity contribution is 0.662.